The van der Waals surface area contributed by atoms with Crippen LogP contribution in [0.5, 0.6) is 0 Å². The first-order chi connectivity index (χ1) is 10.3. The van der Waals surface area contributed by atoms with Crippen molar-refractivity contribution < 1.29 is 4.39 Å². The van der Waals surface area contributed by atoms with E-state index in [1.165, 1.54) is 32.5 Å². The lowest BCUT2D eigenvalue weighted by atomic mass is 9.75. The number of nitrogens with one attached hydrogen (secondary N) is 1. The van der Waals surface area contributed by atoms with E-state index in [1.54, 1.807) is 12.1 Å². The van der Waals surface area contributed by atoms with E-state index in [9.17, 15) is 4.39 Å². The van der Waals surface area contributed by atoms with Gasteiger partial charge < -0.3 is 10.2 Å². The van der Waals surface area contributed by atoms with Crippen LogP contribution < -0.4 is 5.32 Å². The quantitative estimate of drug-likeness (QED) is 0.894. The molecule has 1 saturated carbocycles. The summed E-state index contributed by atoms with van der Waals surface area (Å²) >= 11 is 0. The fourth-order valence-corrected chi connectivity index (χ4v) is 3.68. The van der Waals surface area contributed by atoms with Crippen LogP contribution in [0.15, 0.2) is 24.3 Å². The van der Waals surface area contributed by atoms with E-state index in [0.29, 0.717) is 12.0 Å². The molecule has 0 atom stereocenters. The number of nitrogens with zero attached hydrogens (tertiary/aromatic N) is 1. The Balaban J connectivity index is 1.37. The molecule has 1 heterocycles. The average molecular weight is 290 g/mol. The molecule has 1 saturated heterocycles. The summed E-state index contributed by atoms with van der Waals surface area (Å²) in [7, 11) is 0. The first-order valence-corrected chi connectivity index (χ1v) is 8.46. The van der Waals surface area contributed by atoms with Crippen molar-refractivity contribution in [2.75, 3.05) is 26.2 Å². The van der Waals surface area contributed by atoms with E-state index in [1.807, 2.05) is 12.1 Å². The Labute approximate surface area is 127 Å². The van der Waals surface area contributed by atoms with Gasteiger partial charge in [-0.05, 0) is 75.3 Å². The summed E-state index contributed by atoms with van der Waals surface area (Å²) in [5.74, 6) is 1.22. The van der Waals surface area contributed by atoms with Gasteiger partial charge in [-0.3, -0.25) is 0 Å². The number of halogens is 1. The first kappa shape index (κ1) is 15.0. The summed E-state index contributed by atoms with van der Waals surface area (Å²) in [5.41, 5.74) is 0.909. The molecule has 1 aliphatic heterocycles. The van der Waals surface area contributed by atoms with Crippen LogP contribution in [0.4, 0.5) is 4.39 Å². The molecule has 0 bridgehead atoms. The van der Waals surface area contributed by atoms with Crippen molar-refractivity contribution in [2.24, 2.45) is 5.92 Å². The summed E-state index contributed by atoms with van der Waals surface area (Å²) in [6, 6.07) is 7.84. The fourth-order valence-electron chi connectivity index (χ4n) is 3.68. The molecule has 21 heavy (non-hydrogen) atoms. The number of benzene rings is 1. The lowest BCUT2D eigenvalue weighted by Gasteiger charge is -2.38. The second-order valence-electron chi connectivity index (χ2n) is 6.67. The Hall–Kier alpha value is -0.930. The summed E-state index contributed by atoms with van der Waals surface area (Å²) in [5, 5.41) is 3.70. The maximum Gasteiger partial charge on any atom is 0.126 e. The zero-order chi connectivity index (χ0) is 14.7. The Bertz CT molecular complexity index is 448. The number of hydrogen-bond donors (Lipinski definition) is 1. The van der Waals surface area contributed by atoms with Gasteiger partial charge in [-0.2, -0.15) is 0 Å². The Kier molecular flexibility index (Phi) is 4.91. The van der Waals surface area contributed by atoms with Gasteiger partial charge in [0.1, 0.15) is 5.82 Å². The predicted molar refractivity (Wildman–Crippen MR) is 85.0 cm³/mol. The highest BCUT2D eigenvalue weighted by atomic mass is 19.1. The van der Waals surface area contributed by atoms with Crippen LogP contribution in [-0.4, -0.2) is 37.1 Å². The normalized spacial score (nSPS) is 27.5. The van der Waals surface area contributed by atoms with Crippen LogP contribution >= 0.6 is 0 Å². The molecule has 1 aromatic rings. The van der Waals surface area contributed by atoms with E-state index >= 15 is 0 Å². The molecule has 2 aliphatic rings. The molecular formula is C18H27FN2. The number of piperidine rings is 1. The monoisotopic (exact) mass is 290 g/mol. The average Bonchev–Trinajstić information content (AvgIpc) is 2.48. The molecular weight excluding hydrogens is 263 g/mol. The van der Waals surface area contributed by atoms with Gasteiger partial charge in [-0.15, -0.1) is 0 Å². The summed E-state index contributed by atoms with van der Waals surface area (Å²) in [4.78, 5) is 2.54. The molecule has 2 fully saturated rings. The maximum atomic E-state index is 13.7. The highest BCUT2D eigenvalue weighted by Gasteiger charge is 2.32. The number of rotatable bonds is 5. The van der Waals surface area contributed by atoms with Crippen LogP contribution in [-0.2, 0) is 0 Å². The van der Waals surface area contributed by atoms with Gasteiger partial charge in [0.2, 0.25) is 0 Å². The van der Waals surface area contributed by atoms with Crippen LogP contribution in [0.3, 0.4) is 0 Å². The van der Waals surface area contributed by atoms with E-state index in [-0.39, 0.29) is 5.82 Å². The minimum absolute atomic E-state index is 0.0344. The van der Waals surface area contributed by atoms with Crippen LogP contribution in [0.2, 0.25) is 0 Å². The van der Waals surface area contributed by atoms with Gasteiger partial charge in [0.25, 0.3) is 0 Å². The van der Waals surface area contributed by atoms with Gasteiger partial charge in [0.05, 0.1) is 0 Å². The molecule has 3 heteroatoms. The molecule has 1 N–H and O–H groups in total. The van der Waals surface area contributed by atoms with Crippen molar-refractivity contribution in [3.05, 3.63) is 35.6 Å². The van der Waals surface area contributed by atoms with E-state index in [4.69, 9.17) is 0 Å². The van der Waals surface area contributed by atoms with E-state index < -0.39 is 0 Å². The van der Waals surface area contributed by atoms with Gasteiger partial charge in [0, 0.05) is 6.04 Å². The smallest absolute Gasteiger partial charge is 0.126 e. The zero-order valence-corrected chi connectivity index (χ0v) is 13.0. The van der Waals surface area contributed by atoms with Crippen molar-refractivity contribution >= 4 is 0 Å². The summed E-state index contributed by atoms with van der Waals surface area (Å²) in [6.45, 7) is 7.09. The van der Waals surface area contributed by atoms with Crippen molar-refractivity contribution in [1.29, 1.82) is 0 Å². The zero-order valence-electron chi connectivity index (χ0n) is 13.0. The Morgan fingerprint density at radius 3 is 2.57 bits per heavy atom. The second kappa shape index (κ2) is 6.89. The minimum atomic E-state index is -0.0344. The highest BCUT2D eigenvalue weighted by molar-refractivity contribution is 5.24. The van der Waals surface area contributed by atoms with E-state index in [0.717, 1.165) is 30.9 Å². The van der Waals surface area contributed by atoms with Gasteiger partial charge in [-0.1, -0.05) is 25.1 Å². The molecule has 1 aliphatic carbocycles. The molecule has 0 unspecified atom stereocenters. The van der Waals surface area contributed by atoms with Gasteiger partial charge >= 0.3 is 0 Å². The molecule has 116 valence electrons. The molecule has 3 rings (SSSR count). The number of hydrogen-bond acceptors (Lipinski definition) is 2. The lowest BCUT2D eigenvalue weighted by molar-refractivity contribution is 0.179. The Morgan fingerprint density at radius 2 is 1.90 bits per heavy atom. The molecule has 0 aromatic heterocycles. The third-order valence-electron chi connectivity index (χ3n) is 5.33. The standard InChI is InChI=1S/C18H27FN2/c1-2-21-9-7-14(8-10-21)13-20-16-11-15(12-16)17-5-3-4-6-18(17)19/h3-6,14-16,20H,2,7-13H2,1H3. The van der Waals surface area contributed by atoms with Gasteiger partial charge in [0.15, 0.2) is 0 Å². The highest BCUT2D eigenvalue weighted by Crippen LogP contribution is 2.38. The Morgan fingerprint density at radius 1 is 1.19 bits per heavy atom. The van der Waals surface area contributed by atoms with Crippen molar-refractivity contribution in [3.63, 3.8) is 0 Å². The van der Waals surface area contributed by atoms with Crippen LogP contribution in [0, 0.1) is 11.7 Å². The first-order valence-electron chi connectivity index (χ1n) is 8.46. The largest absolute Gasteiger partial charge is 0.314 e. The molecule has 2 nitrogen and oxygen atoms in total. The fraction of sp³-hybridized carbons (Fsp3) is 0.667. The topological polar surface area (TPSA) is 15.3 Å². The van der Waals surface area contributed by atoms with Crippen LogP contribution in [0.25, 0.3) is 0 Å². The van der Waals surface area contributed by atoms with Gasteiger partial charge in [-0.25, -0.2) is 4.39 Å². The SMILES string of the molecule is CCN1CCC(CNC2CC(c3ccccc3F)C2)CC1. The van der Waals surface area contributed by atoms with Crippen molar-refractivity contribution in [3.8, 4) is 0 Å². The predicted octanol–water partition coefficient (Wildman–Crippen LogP) is 3.39. The van der Waals surface area contributed by atoms with Crippen LogP contribution in [0.1, 0.15) is 44.1 Å². The van der Waals surface area contributed by atoms with E-state index in [2.05, 4.69) is 17.1 Å². The third kappa shape index (κ3) is 3.64. The molecule has 0 radical (unpaired) electrons. The summed E-state index contributed by atoms with van der Waals surface area (Å²) in [6.07, 6.45) is 4.83. The minimum Gasteiger partial charge on any atom is -0.314 e. The third-order valence-corrected chi connectivity index (χ3v) is 5.33. The van der Waals surface area contributed by atoms with Crippen molar-refractivity contribution in [2.45, 2.75) is 44.6 Å². The maximum absolute atomic E-state index is 13.7. The number of likely N-dealkylation sites (tertiary alicyclic amines) is 1. The molecule has 1 aromatic carbocycles. The lowest BCUT2D eigenvalue weighted by Crippen LogP contribution is -2.44. The molecule has 0 amide bonds. The summed E-state index contributed by atoms with van der Waals surface area (Å²) < 4.78 is 13.7. The second-order valence-corrected chi connectivity index (χ2v) is 6.67. The molecule has 0 spiro atoms. The van der Waals surface area contributed by atoms with Crippen molar-refractivity contribution in [1.82, 2.24) is 10.2 Å².